The maximum absolute atomic E-state index is 12.8. The molecule has 1 atom stereocenters. The molecule has 2 rings (SSSR count). The van der Waals surface area contributed by atoms with E-state index < -0.39 is 0 Å². The molecule has 0 fully saturated rings. The Hall–Kier alpha value is -1.46. The Labute approximate surface area is 156 Å². The molecule has 0 saturated heterocycles. The summed E-state index contributed by atoms with van der Waals surface area (Å²) in [6.45, 7) is 4.03. The molecule has 4 nitrogen and oxygen atoms in total. The molecule has 24 heavy (non-hydrogen) atoms. The molecular formula is C18H22LiO4P. The number of hydrogen-bond acceptors (Lipinski definition) is 4. The molecule has 0 aromatic heterocycles. The van der Waals surface area contributed by atoms with Gasteiger partial charge in [-0.25, -0.2) is 0 Å². The normalized spacial score (nSPS) is 10.4. The van der Waals surface area contributed by atoms with Crippen LogP contribution in [0.15, 0.2) is 30.3 Å². The quantitative estimate of drug-likeness (QED) is 0.599. The Kier molecular flexibility index (Phi) is 7.83. The third kappa shape index (κ3) is 4.54. The van der Waals surface area contributed by atoms with Crippen LogP contribution in [0.2, 0.25) is 0 Å². The second kappa shape index (κ2) is 9.13. The van der Waals surface area contributed by atoms with Crippen LogP contribution in [-0.4, -0.2) is 45.7 Å². The molecule has 0 saturated carbocycles. The molecule has 0 amide bonds. The van der Waals surface area contributed by atoms with Crippen LogP contribution in [0.25, 0.3) is 0 Å². The van der Waals surface area contributed by atoms with E-state index in [1.807, 2.05) is 32.0 Å². The molecule has 0 aliphatic carbocycles. The van der Waals surface area contributed by atoms with Crippen molar-refractivity contribution >= 4 is 38.3 Å². The van der Waals surface area contributed by atoms with Gasteiger partial charge in [0.1, 0.15) is 22.8 Å². The van der Waals surface area contributed by atoms with E-state index in [4.69, 9.17) is 14.2 Å². The zero-order valence-electron chi connectivity index (χ0n) is 14.0. The summed E-state index contributed by atoms with van der Waals surface area (Å²) in [4.78, 5) is 12.8. The number of carbonyl (C=O) groups excluding carboxylic acids is 1. The Morgan fingerprint density at radius 3 is 2.00 bits per heavy atom. The molecule has 2 aromatic rings. The van der Waals surface area contributed by atoms with E-state index in [1.54, 1.807) is 19.2 Å². The minimum absolute atomic E-state index is 0. The van der Waals surface area contributed by atoms with Gasteiger partial charge in [0.25, 0.3) is 0 Å². The standard InChI is InChI=1S/C18H21O4P.Li.H/c1-11-6-7-12(2)16(8-11)23-18(19)17-14(21-4)9-13(20-3)10-15(17)22-5;;/h6-10,23H,1-5H3;;. The average molecular weight is 340 g/mol. The second-order valence-corrected chi connectivity index (χ2v) is 6.42. The van der Waals surface area contributed by atoms with Gasteiger partial charge in [0.05, 0.1) is 21.3 Å². The Bertz CT molecular complexity index is 706. The number of aryl methyl sites for hydroxylation is 2. The van der Waals surface area contributed by atoms with E-state index in [-0.39, 0.29) is 33.0 Å². The molecule has 0 spiro atoms. The summed E-state index contributed by atoms with van der Waals surface area (Å²) < 4.78 is 16.0. The first kappa shape index (κ1) is 20.6. The fraction of sp³-hybridized carbons (Fsp3) is 0.278. The zero-order valence-corrected chi connectivity index (χ0v) is 15.0. The topological polar surface area (TPSA) is 44.8 Å². The fourth-order valence-electron chi connectivity index (χ4n) is 2.28. The van der Waals surface area contributed by atoms with Gasteiger partial charge in [-0.3, -0.25) is 4.79 Å². The van der Waals surface area contributed by atoms with Crippen molar-refractivity contribution in [3.63, 3.8) is 0 Å². The summed E-state index contributed by atoms with van der Waals surface area (Å²) >= 11 is 0. The summed E-state index contributed by atoms with van der Waals surface area (Å²) in [5, 5.41) is 1.04. The van der Waals surface area contributed by atoms with Crippen molar-refractivity contribution in [1.82, 2.24) is 0 Å². The first-order valence-corrected chi connectivity index (χ1v) is 8.18. The Morgan fingerprint density at radius 2 is 1.50 bits per heavy atom. The van der Waals surface area contributed by atoms with E-state index in [2.05, 4.69) is 0 Å². The fourth-order valence-corrected chi connectivity index (χ4v) is 3.48. The number of rotatable bonds is 6. The predicted molar refractivity (Wildman–Crippen MR) is 101 cm³/mol. The van der Waals surface area contributed by atoms with Gasteiger partial charge in [-0.15, -0.1) is 0 Å². The van der Waals surface area contributed by atoms with Gasteiger partial charge >= 0.3 is 18.9 Å². The summed E-state index contributed by atoms with van der Waals surface area (Å²) in [6, 6.07) is 9.52. The van der Waals surface area contributed by atoms with E-state index in [1.165, 1.54) is 14.2 Å². The SMILES string of the molecule is COc1cc(OC)c(C(=O)Pc2cc(C)ccc2C)c(OC)c1.[LiH]. The zero-order chi connectivity index (χ0) is 17.0. The number of hydrogen-bond donors (Lipinski definition) is 0. The molecule has 0 aliphatic heterocycles. The molecule has 6 heteroatoms. The maximum atomic E-state index is 12.8. The number of benzene rings is 2. The van der Waals surface area contributed by atoms with Gasteiger partial charge in [-0.1, -0.05) is 23.8 Å². The van der Waals surface area contributed by atoms with Crippen molar-refractivity contribution < 1.29 is 19.0 Å². The van der Waals surface area contributed by atoms with Crippen molar-refractivity contribution in [2.75, 3.05) is 21.3 Å². The minimum atomic E-state index is -0.0185. The summed E-state index contributed by atoms with van der Waals surface area (Å²) in [5.41, 5.74) is 2.68. The third-order valence-corrected chi connectivity index (χ3v) is 4.87. The Morgan fingerprint density at radius 1 is 0.917 bits per heavy atom. The number of methoxy groups -OCH3 is 3. The number of ether oxygens (including phenoxy) is 3. The van der Waals surface area contributed by atoms with E-state index in [0.29, 0.717) is 22.8 Å². The molecule has 124 valence electrons. The van der Waals surface area contributed by atoms with Crippen LogP contribution in [0, 0.1) is 13.8 Å². The molecular weight excluding hydrogens is 318 g/mol. The average Bonchev–Trinajstić information content (AvgIpc) is 2.56. The van der Waals surface area contributed by atoms with E-state index in [0.717, 1.165) is 16.4 Å². The van der Waals surface area contributed by atoms with Crippen LogP contribution >= 0.6 is 8.58 Å². The van der Waals surface area contributed by atoms with Gasteiger partial charge in [-0.2, -0.15) is 0 Å². The first-order chi connectivity index (χ1) is 11.0. The van der Waals surface area contributed by atoms with E-state index in [9.17, 15) is 4.79 Å². The molecule has 1 unspecified atom stereocenters. The molecule has 0 heterocycles. The monoisotopic (exact) mass is 340 g/mol. The van der Waals surface area contributed by atoms with E-state index >= 15 is 0 Å². The molecule has 0 N–H and O–H groups in total. The summed E-state index contributed by atoms with van der Waals surface area (Å²) in [5.74, 6) is 1.51. The third-order valence-electron chi connectivity index (χ3n) is 3.58. The summed E-state index contributed by atoms with van der Waals surface area (Å²) in [7, 11) is 4.64. The number of carbonyl (C=O) groups is 1. The van der Waals surface area contributed by atoms with Crippen LogP contribution in [0.4, 0.5) is 0 Å². The van der Waals surface area contributed by atoms with Crippen molar-refractivity contribution in [2.45, 2.75) is 13.8 Å². The molecule has 0 radical (unpaired) electrons. The van der Waals surface area contributed by atoms with Gasteiger partial charge in [0.2, 0.25) is 0 Å². The second-order valence-electron chi connectivity index (χ2n) is 5.18. The molecule has 0 aliphatic rings. The first-order valence-electron chi connectivity index (χ1n) is 7.18. The van der Waals surface area contributed by atoms with Crippen LogP contribution in [0.5, 0.6) is 17.2 Å². The van der Waals surface area contributed by atoms with Crippen molar-refractivity contribution in [3.05, 3.63) is 47.0 Å². The van der Waals surface area contributed by atoms with Crippen molar-refractivity contribution in [3.8, 4) is 17.2 Å². The van der Waals surface area contributed by atoms with Gasteiger partial charge in [0.15, 0.2) is 5.52 Å². The van der Waals surface area contributed by atoms with Gasteiger partial charge < -0.3 is 14.2 Å². The van der Waals surface area contributed by atoms with Gasteiger partial charge in [0, 0.05) is 12.1 Å². The van der Waals surface area contributed by atoms with Crippen LogP contribution in [0.1, 0.15) is 21.5 Å². The molecule has 0 bridgehead atoms. The van der Waals surface area contributed by atoms with Crippen molar-refractivity contribution in [2.24, 2.45) is 0 Å². The summed E-state index contributed by atoms with van der Waals surface area (Å²) in [6.07, 6.45) is 0. The molecule has 2 aromatic carbocycles. The Balaban J connectivity index is 0.00000288. The predicted octanol–water partition coefficient (Wildman–Crippen LogP) is 2.82. The van der Waals surface area contributed by atoms with Crippen LogP contribution in [-0.2, 0) is 0 Å². The van der Waals surface area contributed by atoms with Gasteiger partial charge in [-0.05, 0) is 33.3 Å². The van der Waals surface area contributed by atoms with Crippen LogP contribution in [0.3, 0.4) is 0 Å². The van der Waals surface area contributed by atoms with Crippen LogP contribution < -0.4 is 19.5 Å². The van der Waals surface area contributed by atoms with Crippen molar-refractivity contribution in [1.29, 1.82) is 0 Å².